The summed E-state index contributed by atoms with van der Waals surface area (Å²) in [6.45, 7) is 4.65. The average Bonchev–Trinajstić information content (AvgIpc) is 3.56. The van der Waals surface area contributed by atoms with E-state index in [2.05, 4.69) is 56.4 Å². The summed E-state index contributed by atoms with van der Waals surface area (Å²) in [4.78, 5) is 16.3. The third kappa shape index (κ3) is 5.97. The van der Waals surface area contributed by atoms with Crippen molar-refractivity contribution < 1.29 is 13.2 Å². The van der Waals surface area contributed by atoms with Crippen molar-refractivity contribution in [2.75, 3.05) is 18.4 Å². The maximum Gasteiger partial charge on any atom is 0.393 e. The summed E-state index contributed by atoms with van der Waals surface area (Å²) >= 11 is 1.06. The number of nitriles is 1. The van der Waals surface area contributed by atoms with Gasteiger partial charge < -0.3 is 5.32 Å². The van der Waals surface area contributed by atoms with E-state index < -0.39 is 12.6 Å². The molecule has 0 radical (unpaired) electrons. The monoisotopic (exact) mass is 574 g/mol. The molecule has 1 aromatic carbocycles. The summed E-state index contributed by atoms with van der Waals surface area (Å²) in [7, 11) is 0. The van der Waals surface area contributed by atoms with E-state index in [-0.39, 0.29) is 10.4 Å². The molecule has 1 aliphatic carbocycles. The highest BCUT2D eigenvalue weighted by atomic mass is 32.1. The second kappa shape index (κ2) is 10.9. The number of nitrogens with one attached hydrogen (secondary N) is 1. The first-order valence-electron chi connectivity index (χ1n) is 13.6. The van der Waals surface area contributed by atoms with E-state index in [1.165, 1.54) is 28.6 Å². The Bertz CT molecular complexity index is 1650. The minimum Gasteiger partial charge on any atom is -0.364 e. The number of fused-ring (bicyclic) bond motifs is 2. The predicted molar refractivity (Wildman–Crippen MR) is 154 cm³/mol. The van der Waals surface area contributed by atoms with Gasteiger partial charge in [0.25, 0.3) is 0 Å². The van der Waals surface area contributed by atoms with Crippen molar-refractivity contribution in [3.63, 3.8) is 0 Å². The Morgan fingerprint density at radius 2 is 2.00 bits per heavy atom. The van der Waals surface area contributed by atoms with E-state index >= 15 is 0 Å². The molecular formula is C31H29F3N6S. The Balaban J connectivity index is 1.24. The van der Waals surface area contributed by atoms with Crippen LogP contribution in [0, 0.1) is 18.3 Å². The Labute approximate surface area is 240 Å². The summed E-state index contributed by atoms with van der Waals surface area (Å²) < 4.78 is 39.3. The Morgan fingerprint density at radius 3 is 2.73 bits per heavy atom. The van der Waals surface area contributed by atoms with Gasteiger partial charge in [0, 0.05) is 54.4 Å². The van der Waals surface area contributed by atoms with Gasteiger partial charge in [0.15, 0.2) is 0 Å². The molecule has 0 saturated carbocycles. The van der Waals surface area contributed by atoms with Crippen LogP contribution >= 0.6 is 11.3 Å². The molecule has 1 saturated heterocycles. The van der Waals surface area contributed by atoms with Crippen LogP contribution in [0.5, 0.6) is 0 Å². The number of hydrogen-bond acceptors (Lipinski definition) is 7. The van der Waals surface area contributed by atoms with Crippen molar-refractivity contribution in [3.05, 3.63) is 87.3 Å². The molecule has 0 unspecified atom stereocenters. The number of nitrogens with zero attached hydrogens (tertiary/aromatic N) is 5. The van der Waals surface area contributed by atoms with Crippen molar-refractivity contribution in [1.29, 1.82) is 5.26 Å². The summed E-state index contributed by atoms with van der Waals surface area (Å²) in [6, 6.07) is 12.2. The molecule has 10 heteroatoms. The third-order valence-electron chi connectivity index (χ3n) is 8.17. The van der Waals surface area contributed by atoms with Gasteiger partial charge in [-0.3, -0.25) is 9.88 Å². The quantitative estimate of drug-likeness (QED) is 0.266. The number of allylic oxidation sites excluding steroid dienone is 1. The van der Waals surface area contributed by atoms with Crippen LogP contribution in [0.2, 0.25) is 0 Å². The molecule has 0 amide bonds. The molecule has 1 fully saturated rings. The summed E-state index contributed by atoms with van der Waals surface area (Å²) in [6.07, 6.45) is 4.90. The molecule has 4 aromatic rings. The SMILES string of the molecule is Cc1c(CN2CCC(Cc3cccnc3)(Nc3ncnc4sc(CC(F)(F)F)cc34)CC2)ccc2c1C=C(C#N)C2. The molecule has 3 aromatic heterocycles. The number of anilines is 1. The lowest BCUT2D eigenvalue weighted by atomic mass is 9.81. The molecule has 210 valence electrons. The second-order valence-electron chi connectivity index (χ2n) is 11.0. The lowest BCUT2D eigenvalue weighted by Gasteiger charge is -2.43. The molecule has 6 nitrogen and oxygen atoms in total. The first kappa shape index (κ1) is 27.4. The van der Waals surface area contributed by atoms with Gasteiger partial charge in [-0.1, -0.05) is 18.2 Å². The zero-order chi connectivity index (χ0) is 28.6. The highest BCUT2D eigenvalue weighted by molar-refractivity contribution is 7.18. The van der Waals surface area contributed by atoms with E-state index in [4.69, 9.17) is 0 Å². The number of rotatable bonds is 7. The molecule has 6 rings (SSSR count). The lowest BCUT2D eigenvalue weighted by molar-refractivity contribution is -0.126. The number of benzene rings is 1. The van der Waals surface area contributed by atoms with E-state index in [9.17, 15) is 18.4 Å². The van der Waals surface area contributed by atoms with Crippen LogP contribution in [0.3, 0.4) is 0 Å². The van der Waals surface area contributed by atoms with Crippen LogP contribution in [0.4, 0.5) is 19.0 Å². The lowest BCUT2D eigenvalue weighted by Crippen LogP contribution is -2.50. The largest absolute Gasteiger partial charge is 0.393 e. The van der Waals surface area contributed by atoms with Gasteiger partial charge in [0.2, 0.25) is 0 Å². The second-order valence-corrected chi connectivity index (χ2v) is 12.2. The van der Waals surface area contributed by atoms with Crippen molar-refractivity contribution in [2.45, 2.75) is 57.3 Å². The molecule has 0 atom stereocenters. The number of halogens is 3. The number of alkyl halides is 3. The van der Waals surface area contributed by atoms with E-state index in [0.29, 0.717) is 22.5 Å². The van der Waals surface area contributed by atoms with Crippen molar-refractivity contribution in [2.24, 2.45) is 0 Å². The maximum absolute atomic E-state index is 13.1. The zero-order valence-corrected chi connectivity index (χ0v) is 23.4. The summed E-state index contributed by atoms with van der Waals surface area (Å²) in [5.74, 6) is 0.576. The third-order valence-corrected chi connectivity index (χ3v) is 9.21. The first-order valence-corrected chi connectivity index (χ1v) is 14.4. The van der Waals surface area contributed by atoms with Crippen LogP contribution < -0.4 is 5.32 Å². The van der Waals surface area contributed by atoms with Gasteiger partial charge >= 0.3 is 6.18 Å². The number of thiophene rings is 1. The van der Waals surface area contributed by atoms with Crippen LogP contribution in [0.1, 0.15) is 45.5 Å². The van der Waals surface area contributed by atoms with Gasteiger partial charge in [0.05, 0.1) is 17.9 Å². The average molecular weight is 575 g/mol. The van der Waals surface area contributed by atoms with Gasteiger partial charge in [-0.15, -0.1) is 11.3 Å². The fourth-order valence-electron chi connectivity index (χ4n) is 6.02. The van der Waals surface area contributed by atoms with Gasteiger partial charge in [-0.2, -0.15) is 18.4 Å². The first-order chi connectivity index (χ1) is 19.7. The normalized spacial score (nSPS) is 16.8. The molecule has 0 bridgehead atoms. The number of piperidine rings is 1. The van der Waals surface area contributed by atoms with Crippen LogP contribution in [0.15, 0.2) is 54.6 Å². The highest BCUT2D eigenvalue weighted by Crippen LogP contribution is 2.37. The van der Waals surface area contributed by atoms with Crippen molar-refractivity contribution in [3.8, 4) is 6.07 Å². The zero-order valence-electron chi connectivity index (χ0n) is 22.6. The summed E-state index contributed by atoms with van der Waals surface area (Å²) in [5.41, 5.74) is 6.44. The van der Waals surface area contributed by atoms with Crippen LogP contribution in [-0.4, -0.2) is 44.7 Å². The summed E-state index contributed by atoms with van der Waals surface area (Å²) in [5, 5.41) is 13.6. The van der Waals surface area contributed by atoms with E-state index in [0.717, 1.165) is 61.4 Å². The predicted octanol–water partition coefficient (Wildman–Crippen LogP) is 6.65. The molecule has 0 spiro atoms. The number of aromatic nitrogens is 3. The number of hydrogen-bond donors (Lipinski definition) is 1. The number of pyridine rings is 1. The molecule has 41 heavy (non-hydrogen) atoms. The Hall–Kier alpha value is -3.81. The molecule has 1 N–H and O–H groups in total. The maximum atomic E-state index is 13.1. The fraction of sp³-hybridized carbons (Fsp3) is 0.355. The fourth-order valence-corrected chi connectivity index (χ4v) is 7.05. The van der Waals surface area contributed by atoms with Crippen molar-refractivity contribution >= 4 is 33.4 Å². The van der Waals surface area contributed by atoms with Crippen LogP contribution in [0.25, 0.3) is 16.3 Å². The molecule has 1 aliphatic heterocycles. The van der Waals surface area contributed by atoms with Crippen LogP contribution in [-0.2, 0) is 25.8 Å². The molecular weight excluding hydrogens is 545 g/mol. The Morgan fingerprint density at radius 1 is 1.17 bits per heavy atom. The van der Waals surface area contributed by atoms with Gasteiger partial charge in [-0.25, -0.2) is 9.97 Å². The Kier molecular flexibility index (Phi) is 7.26. The highest BCUT2D eigenvalue weighted by Gasteiger charge is 2.36. The van der Waals surface area contributed by atoms with Gasteiger partial charge in [0.1, 0.15) is 17.0 Å². The number of likely N-dealkylation sites (tertiary alicyclic amines) is 1. The molecule has 4 heterocycles. The van der Waals surface area contributed by atoms with E-state index in [1.54, 1.807) is 12.3 Å². The minimum atomic E-state index is -4.28. The van der Waals surface area contributed by atoms with E-state index in [1.807, 2.05) is 18.3 Å². The molecule has 2 aliphatic rings. The standard InChI is InChI=1S/C31H29F3N6S/c1-20-24(5-4-23-11-22(16-35)12-26(20)23)18-40-9-6-30(7-10-40,14-21-3-2-8-36-17-21)39-28-27-13-25(15-31(32,33)34)41-29(27)38-19-37-28/h2-5,8,12-13,17,19H,6-7,9-11,14-15,18H2,1H3,(H,37,38,39). The smallest absolute Gasteiger partial charge is 0.364 e. The van der Waals surface area contributed by atoms with Crippen molar-refractivity contribution in [1.82, 2.24) is 19.9 Å². The minimum absolute atomic E-state index is 0.230. The topological polar surface area (TPSA) is 77.7 Å². The van der Waals surface area contributed by atoms with Gasteiger partial charge in [-0.05, 0) is 72.2 Å².